The summed E-state index contributed by atoms with van der Waals surface area (Å²) in [6.07, 6.45) is 2.97. The second kappa shape index (κ2) is 6.34. The van der Waals surface area contributed by atoms with E-state index in [1.54, 1.807) is 21.7 Å². The number of nitrogens with zero attached hydrogens (tertiary/aromatic N) is 2. The van der Waals surface area contributed by atoms with Crippen molar-refractivity contribution in [1.82, 2.24) is 9.29 Å². The molecule has 1 fully saturated rings. The van der Waals surface area contributed by atoms with Crippen molar-refractivity contribution in [2.75, 3.05) is 6.54 Å². The zero-order chi connectivity index (χ0) is 16.6. The second-order valence-corrected chi connectivity index (χ2v) is 9.11. The van der Waals surface area contributed by atoms with Gasteiger partial charge in [-0.3, -0.25) is 0 Å². The summed E-state index contributed by atoms with van der Waals surface area (Å²) in [5.41, 5.74) is 2.50. The van der Waals surface area contributed by atoms with E-state index in [2.05, 4.69) is 4.98 Å². The summed E-state index contributed by atoms with van der Waals surface area (Å²) in [6.45, 7) is 6.43. The molecule has 0 amide bonds. The van der Waals surface area contributed by atoms with Crippen molar-refractivity contribution < 1.29 is 8.42 Å². The van der Waals surface area contributed by atoms with E-state index in [-0.39, 0.29) is 6.04 Å². The fourth-order valence-corrected chi connectivity index (χ4v) is 5.66. The van der Waals surface area contributed by atoms with Crippen molar-refractivity contribution in [3.05, 3.63) is 34.2 Å². The minimum absolute atomic E-state index is 0.0679. The molecule has 0 bridgehead atoms. The highest BCUT2D eigenvalue weighted by molar-refractivity contribution is 7.89. The van der Waals surface area contributed by atoms with Crippen molar-refractivity contribution in [1.29, 1.82) is 0 Å². The Kier molecular flexibility index (Phi) is 4.58. The zero-order valence-corrected chi connectivity index (χ0v) is 15.4. The summed E-state index contributed by atoms with van der Waals surface area (Å²) in [6, 6.07) is 5.67. The summed E-state index contributed by atoms with van der Waals surface area (Å²) >= 11 is 1.57. The molecule has 6 heteroatoms. The van der Waals surface area contributed by atoms with Crippen LogP contribution in [0, 0.1) is 13.8 Å². The van der Waals surface area contributed by atoms with Crippen LogP contribution in [0.1, 0.15) is 36.8 Å². The Morgan fingerprint density at radius 3 is 2.70 bits per heavy atom. The minimum Gasteiger partial charge on any atom is -0.242 e. The molecule has 1 aromatic carbocycles. The van der Waals surface area contributed by atoms with Gasteiger partial charge in [-0.1, -0.05) is 18.6 Å². The second-order valence-electron chi connectivity index (χ2n) is 6.19. The van der Waals surface area contributed by atoms with E-state index in [9.17, 15) is 8.42 Å². The molecule has 23 heavy (non-hydrogen) atoms. The van der Waals surface area contributed by atoms with Crippen LogP contribution in [0.15, 0.2) is 28.5 Å². The van der Waals surface area contributed by atoms with E-state index in [1.807, 2.05) is 38.3 Å². The molecule has 1 aliphatic rings. The van der Waals surface area contributed by atoms with Crippen LogP contribution < -0.4 is 0 Å². The van der Waals surface area contributed by atoms with Gasteiger partial charge in [0.2, 0.25) is 10.0 Å². The van der Waals surface area contributed by atoms with E-state index < -0.39 is 10.0 Å². The third kappa shape index (κ3) is 3.20. The average Bonchev–Trinajstić information content (AvgIpc) is 2.94. The molecule has 1 atom stereocenters. The largest absolute Gasteiger partial charge is 0.243 e. The van der Waals surface area contributed by atoms with Crippen LogP contribution in [-0.2, 0) is 10.0 Å². The SMILES string of the molecule is Cc1nc(-c2ccc(C)c(S(=O)(=O)N3CCCCC3C)c2)cs1. The molecule has 0 radical (unpaired) electrons. The molecule has 0 spiro atoms. The molecule has 2 aromatic rings. The molecule has 0 N–H and O–H groups in total. The number of thiazole rings is 1. The fraction of sp³-hybridized carbons (Fsp3) is 0.471. The molecule has 1 aliphatic heterocycles. The van der Waals surface area contributed by atoms with E-state index in [1.165, 1.54) is 0 Å². The molecule has 1 unspecified atom stereocenters. The summed E-state index contributed by atoms with van der Waals surface area (Å²) < 4.78 is 27.9. The Hall–Kier alpha value is -1.24. The van der Waals surface area contributed by atoms with E-state index in [0.29, 0.717) is 11.4 Å². The van der Waals surface area contributed by atoms with Gasteiger partial charge in [0.25, 0.3) is 0 Å². The number of aromatic nitrogens is 1. The third-order valence-electron chi connectivity index (χ3n) is 4.43. The highest BCUT2D eigenvalue weighted by atomic mass is 32.2. The van der Waals surface area contributed by atoms with E-state index in [4.69, 9.17) is 0 Å². The van der Waals surface area contributed by atoms with Crippen LogP contribution in [0.2, 0.25) is 0 Å². The van der Waals surface area contributed by atoms with E-state index in [0.717, 1.165) is 41.1 Å². The lowest BCUT2D eigenvalue weighted by atomic mass is 10.1. The Bertz CT molecular complexity index is 812. The van der Waals surface area contributed by atoms with Crippen molar-refractivity contribution >= 4 is 21.4 Å². The van der Waals surface area contributed by atoms with Crippen molar-refractivity contribution in [3.8, 4) is 11.3 Å². The Morgan fingerprint density at radius 1 is 1.26 bits per heavy atom. The van der Waals surface area contributed by atoms with Crippen molar-refractivity contribution in [3.63, 3.8) is 0 Å². The predicted molar refractivity (Wildman–Crippen MR) is 94.2 cm³/mol. The molecular formula is C17H22N2O2S2. The topological polar surface area (TPSA) is 50.3 Å². The monoisotopic (exact) mass is 350 g/mol. The summed E-state index contributed by atoms with van der Waals surface area (Å²) in [7, 11) is -3.46. The number of aryl methyl sites for hydroxylation is 2. The first-order valence-corrected chi connectivity index (χ1v) is 10.3. The average molecular weight is 351 g/mol. The smallest absolute Gasteiger partial charge is 0.242 e. The zero-order valence-electron chi connectivity index (χ0n) is 13.7. The van der Waals surface area contributed by atoms with Crippen molar-refractivity contribution in [2.24, 2.45) is 0 Å². The van der Waals surface area contributed by atoms with Gasteiger partial charge in [0.15, 0.2) is 0 Å². The lowest BCUT2D eigenvalue weighted by molar-refractivity contribution is 0.268. The Labute approximate surface area is 142 Å². The number of piperidine rings is 1. The van der Waals surface area contributed by atoms with Crippen LogP contribution in [0.25, 0.3) is 11.3 Å². The molecule has 0 saturated carbocycles. The molecule has 3 rings (SSSR count). The molecular weight excluding hydrogens is 328 g/mol. The molecule has 1 aromatic heterocycles. The van der Waals surface area contributed by atoms with Gasteiger partial charge < -0.3 is 0 Å². The van der Waals surface area contributed by atoms with Gasteiger partial charge in [-0.25, -0.2) is 13.4 Å². The number of hydrogen-bond acceptors (Lipinski definition) is 4. The van der Waals surface area contributed by atoms with Gasteiger partial charge in [0, 0.05) is 23.5 Å². The van der Waals surface area contributed by atoms with Crippen LogP contribution in [-0.4, -0.2) is 30.3 Å². The summed E-state index contributed by atoms with van der Waals surface area (Å²) in [4.78, 5) is 4.88. The molecule has 4 nitrogen and oxygen atoms in total. The normalized spacial score (nSPS) is 19.9. The quantitative estimate of drug-likeness (QED) is 0.841. The van der Waals surface area contributed by atoms with Gasteiger partial charge >= 0.3 is 0 Å². The van der Waals surface area contributed by atoms with Gasteiger partial charge in [-0.05, 0) is 45.2 Å². The van der Waals surface area contributed by atoms with Gasteiger partial charge in [-0.2, -0.15) is 4.31 Å². The van der Waals surface area contributed by atoms with Crippen LogP contribution in [0.4, 0.5) is 0 Å². The number of hydrogen-bond donors (Lipinski definition) is 0. The maximum absolute atomic E-state index is 13.1. The first-order chi connectivity index (χ1) is 10.9. The third-order valence-corrected chi connectivity index (χ3v) is 7.36. The number of benzene rings is 1. The lowest BCUT2D eigenvalue weighted by Crippen LogP contribution is -2.42. The van der Waals surface area contributed by atoms with Crippen LogP contribution in [0.5, 0.6) is 0 Å². The molecule has 1 saturated heterocycles. The maximum atomic E-state index is 13.1. The standard InChI is InChI=1S/C17H22N2O2S2/c1-12-7-8-15(16-11-22-14(3)18-16)10-17(12)23(20,21)19-9-5-4-6-13(19)2/h7-8,10-11,13H,4-6,9H2,1-3H3. The van der Waals surface area contributed by atoms with Gasteiger partial charge in [-0.15, -0.1) is 11.3 Å². The van der Waals surface area contributed by atoms with E-state index >= 15 is 0 Å². The first-order valence-electron chi connectivity index (χ1n) is 7.94. The Balaban J connectivity index is 2.04. The summed E-state index contributed by atoms with van der Waals surface area (Å²) in [5.74, 6) is 0. The lowest BCUT2D eigenvalue weighted by Gasteiger charge is -2.32. The Morgan fingerprint density at radius 2 is 2.04 bits per heavy atom. The highest BCUT2D eigenvalue weighted by Crippen LogP contribution is 2.30. The summed E-state index contributed by atoms with van der Waals surface area (Å²) in [5, 5.41) is 2.95. The predicted octanol–water partition coefficient (Wildman–Crippen LogP) is 3.99. The number of sulfonamides is 1. The molecule has 2 heterocycles. The van der Waals surface area contributed by atoms with Gasteiger partial charge in [0.05, 0.1) is 15.6 Å². The minimum atomic E-state index is -3.46. The first kappa shape index (κ1) is 16.6. The highest BCUT2D eigenvalue weighted by Gasteiger charge is 2.32. The molecule has 124 valence electrons. The van der Waals surface area contributed by atoms with Gasteiger partial charge in [0.1, 0.15) is 0 Å². The maximum Gasteiger partial charge on any atom is 0.243 e. The van der Waals surface area contributed by atoms with Crippen molar-refractivity contribution in [2.45, 2.75) is 51.0 Å². The fourth-order valence-electron chi connectivity index (χ4n) is 3.09. The van der Waals surface area contributed by atoms with Crippen LogP contribution >= 0.6 is 11.3 Å². The van der Waals surface area contributed by atoms with Crippen LogP contribution in [0.3, 0.4) is 0 Å². The number of rotatable bonds is 3. The molecule has 0 aliphatic carbocycles.